The molecule has 3 rings (SSSR count). The second-order valence-electron chi connectivity index (χ2n) is 6.60. The van der Waals surface area contributed by atoms with E-state index in [0.29, 0.717) is 5.57 Å². The lowest BCUT2D eigenvalue weighted by Crippen LogP contribution is -2.53. The minimum absolute atomic E-state index is 0.0156. The molecule has 3 aliphatic rings. The normalized spacial score (nSPS) is 48.7. The Bertz CT molecular complexity index is 469. The van der Waals surface area contributed by atoms with Gasteiger partial charge in [-0.1, -0.05) is 25.7 Å². The van der Waals surface area contributed by atoms with E-state index in [9.17, 15) is 10.1 Å². The smallest absolute Gasteiger partial charge is 0.334 e. The van der Waals surface area contributed by atoms with Crippen LogP contribution in [0.15, 0.2) is 24.3 Å². The Kier molecular flexibility index (Phi) is 2.67. The van der Waals surface area contributed by atoms with Gasteiger partial charge in [-0.15, -0.1) is 0 Å². The second-order valence-corrected chi connectivity index (χ2v) is 6.60. The topological polar surface area (TPSA) is 55.8 Å². The summed E-state index contributed by atoms with van der Waals surface area (Å²) in [6, 6.07) is 0. The van der Waals surface area contributed by atoms with Crippen molar-refractivity contribution in [1.29, 1.82) is 0 Å². The molecule has 0 unspecified atom stereocenters. The zero-order valence-electron chi connectivity index (χ0n) is 11.4. The maximum Gasteiger partial charge on any atom is 0.334 e. The summed E-state index contributed by atoms with van der Waals surface area (Å²) in [6.45, 7) is 7.94. The van der Waals surface area contributed by atoms with Gasteiger partial charge >= 0.3 is 5.97 Å². The lowest BCUT2D eigenvalue weighted by atomic mass is 9.54. The van der Waals surface area contributed by atoms with Crippen molar-refractivity contribution in [3.05, 3.63) is 24.3 Å². The van der Waals surface area contributed by atoms with E-state index >= 15 is 0 Å². The van der Waals surface area contributed by atoms with Gasteiger partial charge in [0.2, 0.25) is 0 Å². The highest BCUT2D eigenvalue weighted by Crippen LogP contribution is 2.57. The molecule has 0 aromatic heterocycles. The van der Waals surface area contributed by atoms with Crippen LogP contribution in [-0.4, -0.2) is 22.9 Å². The number of ether oxygens (including phenoxy) is 1. The fourth-order valence-electron chi connectivity index (χ4n) is 4.21. The average Bonchev–Trinajstić information content (AvgIpc) is 2.62. The van der Waals surface area contributed by atoms with E-state index in [1.165, 1.54) is 0 Å². The zero-order valence-corrected chi connectivity index (χ0v) is 11.4. The molecule has 19 heavy (non-hydrogen) atoms. The highest BCUT2D eigenvalue weighted by Gasteiger charge is 2.57. The molecular weight excluding hydrogens is 244 g/mol. The number of carbonyl (C=O) groups excluding carboxylic acids is 1. The van der Waals surface area contributed by atoms with Gasteiger partial charge in [-0.2, -0.15) is 0 Å². The first-order chi connectivity index (χ1) is 8.89. The molecule has 0 aromatic carbocycles. The lowest BCUT2D eigenvalue weighted by Gasteiger charge is -2.52. The van der Waals surface area contributed by atoms with Gasteiger partial charge in [-0.05, 0) is 31.6 Å². The van der Waals surface area contributed by atoms with Crippen molar-refractivity contribution in [2.24, 2.45) is 17.3 Å². The van der Waals surface area contributed by atoms with Crippen LogP contribution in [0, 0.1) is 17.3 Å². The number of allylic oxidation sites excluding steroid dienone is 1. The molecule has 1 heterocycles. The molecule has 0 amide bonds. The van der Waals surface area contributed by atoms with Crippen LogP contribution in [0.25, 0.3) is 0 Å². The third-order valence-electron chi connectivity index (χ3n) is 5.34. The van der Waals surface area contributed by atoms with Crippen LogP contribution in [0.4, 0.5) is 0 Å². The standard InChI is InChI=1S/C15H20O4/c1-9-10-7-12-14(2,8-11(10)18-13(9)16)5-4-6-15(12,3)19-17/h4,6,10-12,17H,1,5,7-8H2,2-3H3/t10-,11-,12-,14-,15-/m1/s1. The number of carbonyl (C=O) groups is 1. The minimum atomic E-state index is -0.691. The van der Waals surface area contributed by atoms with Gasteiger partial charge < -0.3 is 4.74 Å². The Morgan fingerprint density at radius 3 is 2.95 bits per heavy atom. The summed E-state index contributed by atoms with van der Waals surface area (Å²) in [5.41, 5.74) is -0.135. The van der Waals surface area contributed by atoms with Crippen LogP contribution in [0.3, 0.4) is 0 Å². The SMILES string of the molecule is C=C1C(=O)O[C@@H]2C[C@@]3(C)CC=C[C@@](C)(OO)[C@@H]3C[C@H]12. The first-order valence-corrected chi connectivity index (χ1v) is 6.80. The van der Waals surface area contributed by atoms with Crippen LogP contribution in [0.2, 0.25) is 0 Å². The molecule has 1 saturated heterocycles. The predicted octanol–water partition coefficient (Wildman–Crippen LogP) is 2.71. The van der Waals surface area contributed by atoms with Crippen molar-refractivity contribution in [1.82, 2.24) is 0 Å². The summed E-state index contributed by atoms with van der Waals surface area (Å²) < 4.78 is 5.43. The Labute approximate surface area is 113 Å². The van der Waals surface area contributed by atoms with E-state index in [1.807, 2.05) is 13.0 Å². The highest BCUT2D eigenvalue weighted by molar-refractivity contribution is 5.90. The van der Waals surface area contributed by atoms with Crippen LogP contribution in [-0.2, 0) is 14.4 Å². The molecule has 1 N–H and O–H groups in total. The molecule has 0 aromatic rings. The van der Waals surface area contributed by atoms with Crippen molar-refractivity contribution in [2.75, 3.05) is 0 Å². The third kappa shape index (κ3) is 1.70. The first kappa shape index (κ1) is 12.9. The number of fused-ring (bicyclic) bond motifs is 2. The minimum Gasteiger partial charge on any atom is -0.458 e. The Hall–Kier alpha value is -1.13. The second kappa shape index (κ2) is 3.93. The molecule has 0 spiro atoms. The van der Waals surface area contributed by atoms with E-state index in [2.05, 4.69) is 19.6 Å². The predicted molar refractivity (Wildman–Crippen MR) is 69.2 cm³/mol. The quantitative estimate of drug-likeness (QED) is 0.260. The maximum absolute atomic E-state index is 11.7. The molecule has 4 nitrogen and oxygen atoms in total. The number of hydrogen-bond donors (Lipinski definition) is 1. The van der Waals surface area contributed by atoms with Crippen molar-refractivity contribution >= 4 is 5.97 Å². The van der Waals surface area contributed by atoms with Crippen LogP contribution < -0.4 is 0 Å². The fraction of sp³-hybridized carbons (Fsp3) is 0.667. The molecular formula is C15H20O4. The van der Waals surface area contributed by atoms with Crippen molar-refractivity contribution in [2.45, 2.75) is 44.8 Å². The molecule has 0 bridgehead atoms. The van der Waals surface area contributed by atoms with E-state index in [1.54, 1.807) is 0 Å². The van der Waals surface area contributed by atoms with E-state index in [0.717, 1.165) is 19.3 Å². The summed E-state index contributed by atoms with van der Waals surface area (Å²) in [6.07, 6.45) is 6.42. The Morgan fingerprint density at radius 1 is 1.53 bits per heavy atom. The van der Waals surface area contributed by atoms with Gasteiger partial charge in [-0.3, -0.25) is 5.26 Å². The zero-order chi connectivity index (χ0) is 13.8. The summed E-state index contributed by atoms with van der Waals surface area (Å²) >= 11 is 0. The number of rotatable bonds is 1. The molecule has 4 heteroatoms. The summed E-state index contributed by atoms with van der Waals surface area (Å²) in [5.74, 6) is -0.0501. The van der Waals surface area contributed by atoms with Crippen molar-refractivity contribution in [3.8, 4) is 0 Å². The third-order valence-corrected chi connectivity index (χ3v) is 5.34. The Morgan fingerprint density at radius 2 is 2.26 bits per heavy atom. The molecule has 104 valence electrons. The van der Waals surface area contributed by atoms with Gasteiger partial charge in [0.15, 0.2) is 0 Å². The van der Waals surface area contributed by atoms with Crippen LogP contribution in [0.1, 0.15) is 33.1 Å². The fourth-order valence-corrected chi connectivity index (χ4v) is 4.21. The number of hydrogen-bond acceptors (Lipinski definition) is 4. The highest BCUT2D eigenvalue weighted by atomic mass is 17.1. The molecule has 0 radical (unpaired) electrons. The van der Waals surface area contributed by atoms with Crippen molar-refractivity contribution in [3.63, 3.8) is 0 Å². The van der Waals surface area contributed by atoms with Crippen molar-refractivity contribution < 1.29 is 19.7 Å². The van der Waals surface area contributed by atoms with Gasteiger partial charge in [0.25, 0.3) is 0 Å². The molecule has 5 atom stereocenters. The first-order valence-electron chi connectivity index (χ1n) is 6.80. The van der Waals surface area contributed by atoms with E-state index in [-0.39, 0.29) is 29.3 Å². The van der Waals surface area contributed by atoms with E-state index < -0.39 is 5.60 Å². The van der Waals surface area contributed by atoms with E-state index in [4.69, 9.17) is 9.62 Å². The number of esters is 1. The average molecular weight is 264 g/mol. The van der Waals surface area contributed by atoms with Gasteiger partial charge in [-0.25, -0.2) is 9.68 Å². The Balaban J connectivity index is 1.96. The monoisotopic (exact) mass is 264 g/mol. The molecule has 1 aliphatic heterocycles. The molecule has 2 aliphatic carbocycles. The van der Waals surface area contributed by atoms with Crippen LogP contribution in [0.5, 0.6) is 0 Å². The summed E-state index contributed by atoms with van der Waals surface area (Å²) in [4.78, 5) is 16.4. The van der Waals surface area contributed by atoms with Gasteiger partial charge in [0.05, 0.1) is 0 Å². The lowest BCUT2D eigenvalue weighted by molar-refractivity contribution is -0.330. The van der Waals surface area contributed by atoms with Gasteiger partial charge in [0.1, 0.15) is 11.7 Å². The maximum atomic E-state index is 11.7. The molecule has 1 saturated carbocycles. The van der Waals surface area contributed by atoms with Gasteiger partial charge in [0, 0.05) is 17.4 Å². The summed E-state index contributed by atoms with van der Waals surface area (Å²) in [5, 5.41) is 9.29. The molecule has 2 fully saturated rings. The largest absolute Gasteiger partial charge is 0.458 e. The van der Waals surface area contributed by atoms with Crippen LogP contribution >= 0.6 is 0 Å². The summed E-state index contributed by atoms with van der Waals surface area (Å²) in [7, 11) is 0.